The van der Waals surface area contributed by atoms with Gasteiger partial charge in [0.05, 0.1) is 6.04 Å². The van der Waals surface area contributed by atoms with Crippen LogP contribution in [0.25, 0.3) is 0 Å². The third-order valence-corrected chi connectivity index (χ3v) is 5.36. The van der Waals surface area contributed by atoms with Gasteiger partial charge in [-0.05, 0) is 53.8 Å². The standard InChI is InChI=1S/C23H20ClNO/c1-16-6-2-4-8-20(16)23(26)25-15-14-17-7-3-5-9-21(17)22(25)18-10-12-19(24)13-11-18/h2-13,22H,14-15H2,1H3/t22-/m1/s1. The topological polar surface area (TPSA) is 20.3 Å². The summed E-state index contributed by atoms with van der Waals surface area (Å²) in [6.07, 6.45) is 0.873. The molecule has 0 saturated carbocycles. The molecule has 0 fully saturated rings. The molecular weight excluding hydrogens is 342 g/mol. The second kappa shape index (κ2) is 6.97. The van der Waals surface area contributed by atoms with Gasteiger partial charge in [0.1, 0.15) is 0 Å². The largest absolute Gasteiger partial charge is 0.327 e. The van der Waals surface area contributed by atoms with E-state index in [1.54, 1.807) is 0 Å². The molecular formula is C23H20ClNO. The number of hydrogen-bond acceptors (Lipinski definition) is 1. The van der Waals surface area contributed by atoms with E-state index in [4.69, 9.17) is 11.6 Å². The zero-order valence-electron chi connectivity index (χ0n) is 14.7. The van der Waals surface area contributed by atoms with Crippen molar-refractivity contribution >= 4 is 17.5 Å². The minimum atomic E-state index is -0.0932. The van der Waals surface area contributed by atoms with Gasteiger partial charge in [-0.15, -0.1) is 0 Å². The van der Waals surface area contributed by atoms with E-state index in [1.807, 2.05) is 66.4 Å². The molecule has 0 N–H and O–H groups in total. The Balaban J connectivity index is 1.82. The second-order valence-electron chi connectivity index (χ2n) is 6.72. The van der Waals surface area contributed by atoms with Crippen molar-refractivity contribution in [2.24, 2.45) is 0 Å². The minimum absolute atomic E-state index is 0.0811. The highest BCUT2D eigenvalue weighted by atomic mass is 35.5. The molecule has 3 aromatic rings. The molecule has 3 aromatic carbocycles. The number of aryl methyl sites for hydroxylation is 1. The number of rotatable bonds is 2. The first kappa shape index (κ1) is 16.9. The summed E-state index contributed by atoms with van der Waals surface area (Å²) in [6, 6.07) is 23.9. The van der Waals surface area contributed by atoms with Crippen LogP contribution in [0.3, 0.4) is 0 Å². The number of hydrogen-bond donors (Lipinski definition) is 0. The lowest BCUT2D eigenvalue weighted by atomic mass is 9.87. The first-order chi connectivity index (χ1) is 12.6. The van der Waals surface area contributed by atoms with Crippen LogP contribution in [0.15, 0.2) is 72.8 Å². The Morgan fingerprint density at radius 2 is 1.65 bits per heavy atom. The highest BCUT2D eigenvalue weighted by Crippen LogP contribution is 2.36. The van der Waals surface area contributed by atoms with Crippen LogP contribution < -0.4 is 0 Å². The summed E-state index contributed by atoms with van der Waals surface area (Å²) in [5.74, 6) is 0.0811. The van der Waals surface area contributed by atoms with Crippen LogP contribution >= 0.6 is 11.6 Å². The van der Waals surface area contributed by atoms with E-state index < -0.39 is 0 Å². The smallest absolute Gasteiger partial charge is 0.254 e. The predicted octanol–water partition coefficient (Wildman–Crippen LogP) is 5.44. The molecule has 0 saturated heterocycles. The number of carbonyl (C=O) groups excluding carboxylic acids is 1. The molecule has 0 aliphatic carbocycles. The summed E-state index contributed by atoms with van der Waals surface area (Å²) in [5.41, 5.74) is 5.37. The van der Waals surface area contributed by atoms with Crippen molar-refractivity contribution in [2.45, 2.75) is 19.4 Å². The first-order valence-electron chi connectivity index (χ1n) is 8.85. The second-order valence-corrected chi connectivity index (χ2v) is 7.15. The molecule has 0 unspecified atom stereocenters. The van der Waals surface area contributed by atoms with Gasteiger partial charge in [-0.3, -0.25) is 4.79 Å². The maximum atomic E-state index is 13.4. The molecule has 1 amide bonds. The van der Waals surface area contributed by atoms with E-state index in [2.05, 4.69) is 18.2 Å². The summed E-state index contributed by atoms with van der Waals surface area (Å²) < 4.78 is 0. The van der Waals surface area contributed by atoms with Crippen LogP contribution in [-0.4, -0.2) is 17.4 Å². The molecule has 0 spiro atoms. The van der Waals surface area contributed by atoms with Crippen molar-refractivity contribution in [1.82, 2.24) is 4.90 Å². The molecule has 3 heteroatoms. The van der Waals surface area contributed by atoms with Gasteiger partial charge in [0.25, 0.3) is 5.91 Å². The molecule has 1 aliphatic heterocycles. The van der Waals surface area contributed by atoms with Gasteiger partial charge < -0.3 is 4.90 Å². The van der Waals surface area contributed by atoms with Crippen molar-refractivity contribution in [3.05, 3.63) is 106 Å². The Morgan fingerprint density at radius 3 is 2.42 bits per heavy atom. The summed E-state index contributed by atoms with van der Waals surface area (Å²) in [4.78, 5) is 15.4. The zero-order chi connectivity index (χ0) is 18.1. The van der Waals surface area contributed by atoms with Crippen LogP contribution in [0.2, 0.25) is 5.02 Å². The Morgan fingerprint density at radius 1 is 0.962 bits per heavy atom. The number of fused-ring (bicyclic) bond motifs is 1. The molecule has 1 heterocycles. The van der Waals surface area contributed by atoms with Crippen LogP contribution in [0.1, 0.15) is 38.7 Å². The predicted molar refractivity (Wildman–Crippen MR) is 106 cm³/mol. The lowest BCUT2D eigenvalue weighted by Crippen LogP contribution is -2.40. The fourth-order valence-corrected chi connectivity index (χ4v) is 3.88. The summed E-state index contributed by atoms with van der Waals surface area (Å²) >= 11 is 6.09. The lowest BCUT2D eigenvalue weighted by Gasteiger charge is -2.38. The third-order valence-electron chi connectivity index (χ3n) is 5.11. The van der Waals surface area contributed by atoms with Gasteiger partial charge in [-0.1, -0.05) is 66.2 Å². The maximum Gasteiger partial charge on any atom is 0.254 e. The quantitative estimate of drug-likeness (QED) is 0.595. The Labute approximate surface area is 159 Å². The minimum Gasteiger partial charge on any atom is -0.327 e. The van der Waals surface area contributed by atoms with Gasteiger partial charge in [-0.2, -0.15) is 0 Å². The van der Waals surface area contributed by atoms with Gasteiger partial charge in [-0.25, -0.2) is 0 Å². The fourth-order valence-electron chi connectivity index (χ4n) is 3.76. The van der Waals surface area contributed by atoms with Gasteiger partial charge in [0.15, 0.2) is 0 Å². The number of amides is 1. The van der Waals surface area contributed by atoms with Crippen molar-refractivity contribution in [1.29, 1.82) is 0 Å². The highest BCUT2D eigenvalue weighted by molar-refractivity contribution is 6.30. The van der Waals surface area contributed by atoms with Gasteiger partial charge >= 0.3 is 0 Å². The molecule has 0 bridgehead atoms. The van der Waals surface area contributed by atoms with Crippen LogP contribution in [-0.2, 0) is 6.42 Å². The van der Waals surface area contributed by atoms with E-state index >= 15 is 0 Å². The highest BCUT2D eigenvalue weighted by Gasteiger charge is 2.32. The number of carbonyl (C=O) groups is 1. The van der Waals surface area contributed by atoms with E-state index in [9.17, 15) is 4.79 Å². The van der Waals surface area contributed by atoms with Gasteiger partial charge in [0, 0.05) is 17.1 Å². The molecule has 2 nitrogen and oxygen atoms in total. The molecule has 1 aliphatic rings. The number of halogens is 1. The molecule has 26 heavy (non-hydrogen) atoms. The van der Waals surface area contributed by atoms with E-state index in [0.29, 0.717) is 11.6 Å². The molecule has 4 rings (SSSR count). The lowest BCUT2D eigenvalue weighted by molar-refractivity contribution is 0.0694. The third kappa shape index (κ3) is 3.02. The van der Waals surface area contributed by atoms with Crippen LogP contribution in [0, 0.1) is 6.92 Å². The Hall–Kier alpha value is -2.58. The van der Waals surface area contributed by atoms with Crippen molar-refractivity contribution in [2.75, 3.05) is 6.54 Å². The Kier molecular flexibility index (Phi) is 4.52. The number of nitrogens with zero attached hydrogens (tertiary/aromatic N) is 1. The normalized spacial score (nSPS) is 16.2. The summed E-state index contributed by atoms with van der Waals surface area (Å²) in [6.45, 7) is 2.69. The molecule has 1 atom stereocenters. The molecule has 0 aromatic heterocycles. The summed E-state index contributed by atoms with van der Waals surface area (Å²) in [7, 11) is 0. The molecule has 130 valence electrons. The fraction of sp³-hybridized carbons (Fsp3) is 0.174. The molecule has 0 radical (unpaired) electrons. The average Bonchev–Trinajstić information content (AvgIpc) is 2.68. The van der Waals surface area contributed by atoms with Crippen molar-refractivity contribution in [3.8, 4) is 0 Å². The number of benzene rings is 3. The van der Waals surface area contributed by atoms with E-state index in [0.717, 1.165) is 23.1 Å². The van der Waals surface area contributed by atoms with Crippen molar-refractivity contribution < 1.29 is 4.79 Å². The monoisotopic (exact) mass is 361 g/mol. The van der Waals surface area contributed by atoms with E-state index in [-0.39, 0.29) is 11.9 Å². The Bertz CT molecular complexity index is 948. The average molecular weight is 362 g/mol. The van der Waals surface area contributed by atoms with Crippen molar-refractivity contribution in [3.63, 3.8) is 0 Å². The van der Waals surface area contributed by atoms with E-state index in [1.165, 1.54) is 11.1 Å². The van der Waals surface area contributed by atoms with Gasteiger partial charge in [0.2, 0.25) is 0 Å². The first-order valence-corrected chi connectivity index (χ1v) is 9.23. The zero-order valence-corrected chi connectivity index (χ0v) is 15.4. The maximum absolute atomic E-state index is 13.4. The van der Waals surface area contributed by atoms with Crippen LogP contribution in [0.4, 0.5) is 0 Å². The van der Waals surface area contributed by atoms with Crippen LogP contribution in [0.5, 0.6) is 0 Å². The SMILES string of the molecule is Cc1ccccc1C(=O)N1CCc2ccccc2[C@H]1c1ccc(Cl)cc1. The summed E-state index contributed by atoms with van der Waals surface area (Å²) in [5, 5.41) is 0.703.